The minimum Gasteiger partial charge on any atom is -0.356 e. The van der Waals surface area contributed by atoms with E-state index in [0.717, 1.165) is 25.3 Å². The highest BCUT2D eigenvalue weighted by Gasteiger charge is 2.09. The van der Waals surface area contributed by atoms with E-state index in [0.29, 0.717) is 18.9 Å². The fourth-order valence-corrected chi connectivity index (χ4v) is 1.63. The summed E-state index contributed by atoms with van der Waals surface area (Å²) in [4.78, 5) is 11.5. The van der Waals surface area contributed by atoms with Gasteiger partial charge in [0, 0.05) is 13.0 Å². The molecule has 0 aromatic carbocycles. The highest BCUT2D eigenvalue weighted by Crippen LogP contribution is 2.07. The number of hydrogen-bond donors (Lipinski definition) is 2. The van der Waals surface area contributed by atoms with E-state index >= 15 is 0 Å². The Morgan fingerprint density at radius 2 is 2.00 bits per heavy atom. The summed E-state index contributed by atoms with van der Waals surface area (Å²) < 4.78 is 0. The summed E-state index contributed by atoms with van der Waals surface area (Å²) in [7, 11) is 0. The first-order valence-corrected chi connectivity index (χ1v) is 6.56. The van der Waals surface area contributed by atoms with Crippen molar-refractivity contribution < 1.29 is 4.79 Å². The van der Waals surface area contributed by atoms with Gasteiger partial charge in [0.05, 0.1) is 0 Å². The molecule has 0 saturated heterocycles. The SMILES string of the molecule is CCC(CN)CC(=O)NCCCCC(C)C. The Balaban J connectivity index is 3.43. The van der Waals surface area contributed by atoms with Gasteiger partial charge in [0.1, 0.15) is 0 Å². The minimum atomic E-state index is 0.154. The van der Waals surface area contributed by atoms with E-state index in [4.69, 9.17) is 5.73 Å². The van der Waals surface area contributed by atoms with E-state index in [1.165, 1.54) is 12.8 Å². The van der Waals surface area contributed by atoms with Gasteiger partial charge in [0.25, 0.3) is 0 Å². The topological polar surface area (TPSA) is 55.1 Å². The zero-order valence-corrected chi connectivity index (χ0v) is 11.1. The number of hydrogen-bond acceptors (Lipinski definition) is 2. The first kappa shape index (κ1) is 15.4. The van der Waals surface area contributed by atoms with Gasteiger partial charge < -0.3 is 11.1 Å². The summed E-state index contributed by atoms with van der Waals surface area (Å²) in [5, 5.41) is 2.96. The lowest BCUT2D eigenvalue weighted by atomic mass is 10.0. The van der Waals surface area contributed by atoms with Crippen molar-refractivity contribution in [1.82, 2.24) is 5.32 Å². The molecule has 0 aliphatic rings. The Bertz CT molecular complexity index is 177. The van der Waals surface area contributed by atoms with E-state index in [1.807, 2.05) is 0 Å². The summed E-state index contributed by atoms with van der Waals surface area (Å²) in [6, 6.07) is 0. The predicted octanol–water partition coefficient (Wildman–Crippen LogP) is 2.30. The van der Waals surface area contributed by atoms with Gasteiger partial charge in [-0.3, -0.25) is 4.79 Å². The molecule has 3 heteroatoms. The Morgan fingerprint density at radius 1 is 1.31 bits per heavy atom. The van der Waals surface area contributed by atoms with Crippen LogP contribution in [-0.2, 0) is 4.79 Å². The summed E-state index contributed by atoms with van der Waals surface area (Å²) in [6.07, 6.45) is 5.10. The molecule has 0 aromatic heterocycles. The van der Waals surface area contributed by atoms with E-state index in [1.54, 1.807) is 0 Å². The molecule has 96 valence electrons. The van der Waals surface area contributed by atoms with Crippen molar-refractivity contribution in [2.75, 3.05) is 13.1 Å². The number of amides is 1. The number of unbranched alkanes of at least 4 members (excludes halogenated alkanes) is 1. The van der Waals surface area contributed by atoms with E-state index in [2.05, 4.69) is 26.1 Å². The molecule has 16 heavy (non-hydrogen) atoms. The lowest BCUT2D eigenvalue weighted by Crippen LogP contribution is -2.28. The smallest absolute Gasteiger partial charge is 0.220 e. The largest absolute Gasteiger partial charge is 0.356 e. The molecular weight excluding hydrogens is 200 g/mol. The Morgan fingerprint density at radius 3 is 2.50 bits per heavy atom. The van der Waals surface area contributed by atoms with Crippen LogP contribution in [0, 0.1) is 11.8 Å². The van der Waals surface area contributed by atoms with Gasteiger partial charge in [-0.15, -0.1) is 0 Å². The third-order valence-corrected chi connectivity index (χ3v) is 2.92. The molecule has 3 nitrogen and oxygen atoms in total. The maximum absolute atomic E-state index is 11.5. The second kappa shape index (κ2) is 9.64. The van der Waals surface area contributed by atoms with Crippen LogP contribution in [0.3, 0.4) is 0 Å². The molecule has 0 aliphatic heterocycles. The number of carbonyl (C=O) groups excluding carboxylic acids is 1. The highest BCUT2D eigenvalue weighted by molar-refractivity contribution is 5.76. The Labute approximate surface area is 100 Å². The van der Waals surface area contributed by atoms with Crippen molar-refractivity contribution in [3.8, 4) is 0 Å². The number of nitrogens with one attached hydrogen (secondary N) is 1. The van der Waals surface area contributed by atoms with Crippen molar-refractivity contribution in [2.45, 2.75) is 52.9 Å². The monoisotopic (exact) mass is 228 g/mol. The highest BCUT2D eigenvalue weighted by atomic mass is 16.1. The fraction of sp³-hybridized carbons (Fsp3) is 0.923. The van der Waals surface area contributed by atoms with Gasteiger partial charge in [-0.2, -0.15) is 0 Å². The molecule has 0 bridgehead atoms. The van der Waals surface area contributed by atoms with E-state index in [9.17, 15) is 4.79 Å². The lowest BCUT2D eigenvalue weighted by molar-refractivity contribution is -0.122. The number of nitrogens with two attached hydrogens (primary N) is 1. The standard InChI is InChI=1S/C13H28N2O/c1-4-12(10-14)9-13(16)15-8-6-5-7-11(2)3/h11-12H,4-10,14H2,1-3H3,(H,15,16). The van der Waals surface area contributed by atoms with E-state index in [-0.39, 0.29) is 5.91 Å². The van der Waals surface area contributed by atoms with Crippen LogP contribution in [-0.4, -0.2) is 19.0 Å². The van der Waals surface area contributed by atoms with Crippen LogP contribution in [0.5, 0.6) is 0 Å². The van der Waals surface area contributed by atoms with Crippen LogP contribution in [0.25, 0.3) is 0 Å². The minimum absolute atomic E-state index is 0.154. The molecule has 0 fully saturated rings. The van der Waals surface area contributed by atoms with E-state index < -0.39 is 0 Å². The van der Waals surface area contributed by atoms with Gasteiger partial charge in [-0.1, -0.05) is 40.0 Å². The van der Waals surface area contributed by atoms with Crippen molar-refractivity contribution in [2.24, 2.45) is 17.6 Å². The van der Waals surface area contributed by atoms with Crippen molar-refractivity contribution >= 4 is 5.91 Å². The van der Waals surface area contributed by atoms with Gasteiger partial charge >= 0.3 is 0 Å². The van der Waals surface area contributed by atoms with Crippen LogP contribution in [0.1, 0.15) is 52.9 Å². The first-order valence-electron chi connectivity index (χ1n) is 6.56. The molecule has 0 spiro atoms. The quantitative estimate of drug-likeness (QED) is 0.595. The van der Waals surface area contributed by atoms with Crippen LogP contribution < -0.4 is 11.1 Å². The number of rotatable bonds is 9. The molecule has 1 amide bonds. The van der Waals surface area contributed by atoms with Crippen LogP contribution in [0.2, 0.25) is 0 Å². The molecule has 1 atom stereocenters. The molecule has 1 unspecified atom stereocenters. The third-order valence-electron chi connectivity index (χ3n) is 2.92. The predicted molar refractivity (Wildman–Crippen MR) is 69.2 cm³/mol. The zero-order valence-electron chi connectivity index (χ0n) is 11.1. The zero-order chi connectivity index (χ0) is 12.4. The second-order valence-corrected chi connectivity index (χ2v) is 4.95. The molecule has 0 aliphatic carbocycles. The summed E-state index contributed by atoms with van der Waals surface area (Å²) in [5.41, 5.74) is 5.56. The Hall–Kier alpha value is -0.570. The normalized spacial score (nSPS) is 12.8. The summed E-state index contributed by atoms with van der Waals surface area (Å²) >= 11 is 0. The molecule has 0 radical (unpaired) electrons. The fourth-order valence-electron chi connectivity index (χ4n) is 1.63. The van der Waals surface area contributed by atoms with Crippen molar-refractivity contribution in [3.05, 3.63) is 0 Å². The first-order chi connectivity index (χ1) is 7.60. The van der Waals surface area contributed by atoms with Crippen molar-refractivity contribution in [3.63, 3.8) is 0 Å². The molecule has 0 rings (SSSR count). The second-order valence-electron chi connectivity index (χ2n) is 4.95. The lowest BCUT2D eigenvalue weighted by Gasteiger charge is -2.12. The van der Waals surface area contributed by atoms with Gasteiger partial charge in [0.15, 0.2) is 0 Å². The molecule has 0 saturated carbocycles. The van der Waals surface area contributed by atoms with Gasteiger partial charge in [-0.25, -0.2) is 0 Å². The average molecular weight is 228 g/mol. The molecular formula is C13H28N2O. The van der Waals surface area contributed by atoms with Crippen LogP contribution in [0.15, 0.2) is 0 Å². The third kappa shape index (κ3) is 8.72. The maximum atomic E-state index is 11.5. The summed E-state index contributed by atoms with van der Waals surface area (Å²) in [5.74, 6) is 1.26. The molecule has 3 N–H and O–H groups in total. The molecule has 0 aromatic rings. The maximum Gasteiger partial charge on any atom is 0.220 e. The summed E-state index contributed by atoms with van der Waals surface area (Å²) in [6.45, 7) is 7.95. The average Bonchev–Trinajstić information content (AvgIpc) is 2.25. The van der Waals surface area contributed by atoms with Crippen molar-refractivity contribution in [1.29, 1.82) is 0 Å². The molecule has 0 heterocycles. The van der Waals surface area contributed by atoms with Crippen LogP contribution in [0.4, 0.5) is 0 Å². The Kier molecular flexibility index (Phi) is 9.30. The van der Waals surface area contributed by atoms with Gasteiger partial charge in [-0.05, 0) is 24.8 Å². The number of carbonyl (C=O) groups is 1. The van der Waals surface area contributed by atoms with Gasteiger partial charge in [0.2, 0.25) is 5.91 Å². The van der Waals surface area contributed by atoms with Crippen LogP contribution >= 0.6 is 0 Å².